The van der Waals surface area contributed by atoms with E-state index in [1.54, 1.807) is 35.5 Å². The fourth-order valence-electron chi connectivity index (χ4n) is 3.30. The largest absolute Gasteiger partial charge is 0.390 e. The summed E-state index contributed by atoms with van der Waals surface area (Å²) in [6.07, 6.45) is 3.12. The van der Waals surface area contributed by atoms with Crippen molar-refractivity contribution in [1.29, 1.82) is 0 Å². The van der Waals surface area contributed by atoms with Gasteiger partial charge in [-0.3, -0.25) is 9.80 Å². The van der Waals surface area contributed by atoms with Crippen LogP contribution in [0.25, 0.3) is 22.0 Å². The molecule has 6 nitrogen and oxygen atoms in total. The van der Waals surface area contributed by atoms with Crippen molar-refractivity contribution < 1.29 is 4.39 Å². The predicted molar refractivity (Wildman–Crippen MR) is 118 cm³/mol. The highest BCUT2D eigenvalue weighted by molar-refractivity contribution is 7.15. The summed E-state index contributed by atoms with van der Waals surface area (Å²) in [5.41, 5.74) is 8.88. The minimum absolute atomic E-state index is 0.165. The Labute approximate surface area is 175 Å². The third kappa shape index (κ3) is 3.65. The number of aromatic nitrogens is 2. The van der Waals surface area contributed by atoms with Crippen LogP contribution in [0.1, 0.15) is 25.5 Å². The Balaban J connectivity index is 1.94. The first-order valence-corrected chi connectivity index (χ1v) is 10.4. The van der Waals surface area contributed by atoms with Crippen LogP contribution >= 0.6 is 22.9 Å². The highest BCUT2D eigenvalue weighted by Gasteiger charge is 2.22. The number of benzene rings is 1. The van der Waals surface area contributed by atoms with Crippen molar-refractivity contribution in [3.8, 4) is 5.69 Å². The maximum atomic E-state index is 13.1. The Bertz CT molecular complexity index is 1180. The van der Waals surface area contributed by atoms with Crippen LogP contribution in [0.15, 0.2) is 45.7 Å². The van der Waals surface area contributed by atoms with Crippen molar-refractivity contribution in [2.75, 3.05) is 19.0 Å². The molecule has 0 saturated carbocycles. The molecule has 0 spiro atoms. The van der Waals surface area contributed by atoms with E-state index >= 15 is 0 Å². The lowest BCUT2D eigenvalue weighted by Crippen LogP contribution is -2.25. The molecule has 2 N–H and O–H groups in total. The summed E-state index contributed by atoms with van der Waals surface area (Å²) in [6, 6.07) is 6.88. The Hall–Kier alpha value is -2.71. The van der Waals surface area contributed by atoms with Crippen LogP contribution in [0, 0.1) is 0 Å². The third-order valence-corrected chi connectivity index (χ3v) is 5.81. The number of hydrazone groups is 1. The summed E-state index contributed by atoms with van der Waals surface area (Å²) in [7, 11) is 0. The second kappa shape index (κ2) is 7.96. The molecule has 3 heterocycles. The summed E-state index contributed by atoms with van der Waals surface area (Å²) < 4.78 is 14.3. The molecule has 0 saturated heterocycles. The lowest BCUT2D eigenvalue weighted by Gasteiger charge is -2.23. The minimum Gasteiger partial charge on any atom is -0.390 e. The van der Waals surface area contributed by atoms with Crippen LogP contribution in [0.5, 0.6) is 0 Å². The molecule has 0 unspecified atom stereocenters. The number of hydrogen-bond acceptors (Lipinski definition) is 6. The molecule has 4 rings (SSSR count). The summed E-state index contributed by atoms with van der Waals surface area (Å²) in [6.45, 7) is 1.66. The van der Waals surface area contributed by atoms with Gasteiger partial charge in [0.1, 0.15) is 6.67 Å². The van der Waals surface area contributed by atoms with E-state index in [2.05, 4.69) is 10.2 Å². The van der Waals surface area contributed by atoms with Gasteiger partial charge in [0.15, 0.2) is 0 Å². The van der Waals surface area contributed by atoms with Crippen molar-refractivity contribution in [2.45, 2.75) is 19.8 Å². The molecule has 0 amide bonds. The van der Waals surface area contributed by atoms with Gasteiger partial charge in [-0.05, 0) is 30.7 Å². The molecule has 0 bridgehead atoms. The number of hydrogen-bond donors (Lipinski definition) is 1. The number of anilines is 1. The zero-order valence-corrected chi connectivity index (χ0v) is 17.3. The van der Waals surface area contributed by atoms with E-state index in [4.69, 9.17) is 17.3 Å². The molecule has 0 aliphatic carbocycles. The van der Waals surface area contributed by atoms with Gasteiger partial charge in [-0.25, -0.2) is 4.39 Å². The molecule has 150 valence electrons. The summed E-state index contributed by atoms with van der Waals surface area (Å²) in [5, 5.41) is 14.7. The molecule has 0 fully saturated rings. The second-order valence-corrected chi connectivity index (χ2v) is 7.98. The maximum absolute atomic E-state index is 13.1. The molecular formula is C20H19ClFN5OS. The average Bonchev–Trinajstić information content (AvgIpc) is 3.11. The molecule has 1 aliphatic heterocycles. The molecule has 0 atom stereocenters. The molecular weight excluding hydrogens is 413 g/mol. The quantitative estimate of drug-likeness (QED) is 0.646. The third-order valence-electron chi connectivity index (χ3n) is 4.75. The Morgan fingerprint density at radius 3 is 2.76 bits per heavy atom. The zero-order chi connectivity index (χ0) is 20.5. The number of nitrogen functional groups attached to an aromatic ring is 1. The van der Waals surface area contributed by atoms with Crippen LogP contribution in [0.2, 0.25) is 5.02 Å². The first kappa shape index (κ1) is 19.6. The van der Waals surface area contributed by atoms with Gasteiger partial charge in [0.05, 0.1) is 28.3 Å². The van der Waals surface area contributed by atoms with Gasteiger partial charge < -0.3 is 5.73 Å². The number of nitrogens with zero attached hydrogens (tertiary/aromatic N) is 4. The van der Waals surface area contributed by atoms with Gasteiger partial charge in [0.25, 0.3) is 5.56 Å². The number of nitrogens with two attached hydrogens (primary N) is 1. The lowest BCUT2D eigenvalue weighted by atomic mass is 10.0. The molecule has 9 heteroatoms. The summed E-state index contributed by atoms with van der Waals surface area (Å²) in [4.78, 5) is 13.1. The van der Waals surface area contributed by atoms with Gasteiger partial charge in [0.2, 0.25) is 0 Å². The average molecular weight is 432 g/mol. The fraction of sp³-hybridized carbons (Fsp3) is 0.250. The van der Waals surface area contributed by atoms with Gasteiger partial charge in [0, 0.05) is 39.7 Å². The van der Waals surface area contributed by atoms with Crippen LogP contribution in [0.4, 0.5) is 9.39 Å². The number of fused-ring (bicyclic) bond motifs is 1. The van der Waals surface area contributed by atoms with Gasteiger partial charge >= 0.3 is 0 Å². The predicted octanol–water partition coefficient (Wildman–Crippen LogP) is 4.46. The van der Waals surface area contributed by atoms with E-state index in [0.717, 1.165) is 17.7 Å². The van der Waals surface area contributed by atoms with Crippen molar-refractivity contribution in [3.63, 3.8) is 0 Å². The Kier molecular flexibility index (Phi) is 5.38. The molecule has 2 aromatic heterocycles. The molecule has 3 aromatic rings. The highest BCUT2D eigenvalue weighted by Crippen LogP contribution is 2.33. The maximum Gasteiger partial charge on any atom is 0.282 e. The second-order valence-electron chi connectivity index (χ2n) is 6.63. The van der Waals surface area contributed by atoms with Crippen LogP contribution in [-0.4, -0.2) is 33.7 Å². The smallest absolute Gasteiger partial charge is 0.282 e. The van der Waals surface area contributed by atoms with Crippen molar-refractivity contribution in [1.82, 2.24) is 14.8 Å². The van der Waals surface area contributed by atoms with Crippen LogP contribution < -0.4 is 11.3 Å². The van der Waals surface area contributed by atoms with Crippen LogP contribution in [0.3, 0.4) is 0 Å². The van der Waals surface area contributed by atoms with Crippen molar-refractivity contribution in [3.05, 3.63) is 56.9 Å². The molecule has 1 aromatic carbocycles. The van der Waals surface area contributed by atoms with E-state index in [-0.39, 0.29) is 12.1 Å². The number of thiophene rings is 1. The van der Waals surface area contributed by atoms with E-state index in [0.29, 0.717) is 38.6 Å². The van der Waals surface area contributed by atoms with Gasteiger partial charge in [-0.1, -0.05) is 18.5 Å². The monoisotopic (exact) mass is 431 g/mol. The van der Waals surface area contributed by atoms with Gasteiger partial charge in [-0.15, -0.1) is 11.3 Å². The zero-order valence-electron chi connectivity index (χ0n) is 15.7. The number of alkyl halides is 1. The SMILES string of the molecule is CCC1=NN(CCF)C=C(c2nn(-c3ccc(Cl)cc3)c(=O)c3c(N)scc23)C1. The molecule has 0 radical (unpaired) electrons. The number of rotatable bonds is 5. The standard InChI is InChI=1S/C20H19ClFN5OS/c1-2-14-9-12(10-26(24-14)8-7-22)18-16-11-29-19(23)17(16)20(28)27(25-18)15-5-3-13(21)4-6-15/h3-6,10-11H,2,7-9,23H2,1H3. The van der Waals surface area contributed by atoms with E-state index in [1.807, 2.05) is 12.3 Å². The normalized spacial score (nSPS) is 14.2. The van der Waals surface area contributed by atoms with Crippen molar-refractivity contribution in [2.24, 2.45) is 5.10 Å². The number of halogens is 2. The van der Waals surface area contributed by atoms with E-state index in [9.17, 15) is 9.18 Å². The topological polar surface area (TPSA) is 76.5 Å². The molecule has 29 heavy (non-hydrogen) atoms. The fourth-order valence-corrected chi connectivity index (χ4v) is 4.22. The van der Waals surface area contributed by atoms with E-state index in [1.165, 1.54) is 16.0 Å². The highest BCUT2D eigenvalue weighted by atomic mass is 35.5. The Morgan fingerprint density at radius 2 is 2.07 bits per heavy atom. The summed E-state index contributed by atoms with van der Waals surface area (Å²) >= 11 is 7.29. The summed E-state index contributed by atoms with van der Waals surface area (Å²) in [5.74, 6) is 0. The number of allylic oxidation sites excluding steroid dienone is 1. The van der Waals surface area contributed by atoms with Gasteiger partial charge in [-0.2, -0.15) is 14.9 Å². The Morgan fingerprint density at radius 1 is 1.31 bits per heavy atom. The first-order chi connectivity index (χ1) is 14.0. The van der Waals surface area contributed by atoms with E-state index < -0.39 is 6.67 Å². The van der Waals surface area contributed by atoms with Crippen LogP contribution in [-0.2, 0) is 0 Å². The minimum atomic E-state index is -0.511. The molecule has 1 aliphatic rings. The lowest BCUT2D eigenvalue weighted by molar-refractivity contribution is 0.335. The van der Waals surface area contributed by atoms with Crippen molar-refractivity contribution >= 4 is 50.0 Å². The first-order valence-electron chi connectivity index (χ1n) is 9.17.